The van der Waals surface area contributed by atoms with Crippen molar-refractivity contribution in [3.8, 4) is 11.1 Å². The van der Waals surface area contributed by atoms with Gasteiger partial charge in [0.2, 0.25) is 10.0 Å². The van der Waals surface area contributed by atoms with Crippen molar-refractivity contribution in [2.75, 3.05) is 31.1 Å². The van der Waals surface area contributed by atoms with E-state index in [1.54, 1.807) is 6.07 Å². The van der Waals surface area contributed by atoms with Crippen molar-refractivity contribution in [1.29, 1.82) is 0 Å². The molecule has 8 nitrogen and oxygen atoms in total. The molecule has 1 aromatic carbocycles. The number of benzene rings is 1. The molecule has 0 amide bonds. The Bertz CT molecular complexity index is 1260. The van der Waals surface area contributed by atoms with Gasteiger partial charge in [-0.25, -0.2) is 23.5 Å². The standard InChI is InChI=1S/C22H27ClN6O2S/c23-17-7-14(2-5-32(25,30)31)6-16(10-17)19-12-29(22-20(19)21(24)26-13-27-22)18-8-15(9-18)11-28-3-1-4-28/h6-7,10,12-13,15,18H,1-5,8-9,11H2,(H2,24,26,27)(H2,25,30,31). The zero-order valence-corrected chi connectivity index (χ0v) is 19.3. The van der Waals surface area contributed by atoms with Crippen molar-refractivity contribution < 1.29 is 8.42 Å². The third kappa shape index (κ3) is 4.34. The lowest BCUT2D eigenvalue weighted by molar-refractivity contribution is 0.0921. The minimum absolute atomic E-state index is 0.139. The number of nitrogens with two attached hydrogens (primary N) is 2. The molecule has 1 aliphatic carbocycles. The first kappa shape index (κ1) is 21.6. The van der Waals surface area contributed by atoms with Crippen LogP contribution < -0.4 is 10.9 Å². The molecule has 0 radical (unpaired) electrons. The average Bonchev–Trinajstić information content (AvgIpc) is 3.04. The second kappa shape index (κ2) is 8.30. The third-order valence-electron chi connectivity index (χ3n) is 6.65. The Morgan fingerprint density at radius 1 is 1.16 bits per heavy atom. The molecule has 3 heterocycles. The highest BCUT2D eigenvalue weighted by Crippen LogP contribution is 2.43. The van der Waals surface area contributed by atoms with Gasteiger partial charge in [-0.3, -0.25) is 0 Å². The molecule has 3 aromatic rings. The van der Waals surface area contributed by atoms with Gasteiger partial charge in [0, 0.05) is 29.4 Å². The Morgan fingerprint density at radius 2 is 1.94 bits per heavy atom. The molecule has 170 valence electrons. The van der Waals surface area contributed by atoms with E-state index >= 15 is 0 Å². The maximum atomic E-state index is 11.4. The average molecular weight is 475 g/mol. The highest BCUT2D eigenvalue weighted by molar-refractivity contribution is 7.89. The van der Waals surface area contributed by atoms with Gasteiger partial charge in [0.15, 0.2) is 0 Å². The summed E-state index contributed by atoms with van der Waals surface area (Å²) >= 11 is 6.38. The van der Waals surface area contributed by atoms with Gasteiger partial charge in [0.1, 0.15) is 17.8 Å². The molecule has 1 aliphatic heterocycles. The van der Waals surface area contributed by atoms with Crippen molar-refractivity contribution in [3.05, 3.63) is 41.3 Å². The highest BCUT2D eigenvalue weighted by Gasteiger charge is 2.34. The van der Waals surface area contributed by atoms with E-state index in [0.29, 0.717) is 16.9 Å². The molecule has 1 saturated carbocycles. The maximum Gasteiger partial charge on any atom is 0.209 e. The van der Waals surface area contributed by atoms with Gasteiger partial charge in [0.05, 0.1) is 11.1 Å². The smallest absolute Gasteiger partial charge is 0.209 e. The Labute approximate surface area is 192 Å². The van der Waals surface area contributed by atoms with Crippen LogP contribution in [0.25, 0.3) is 22.2 Å². The minimum atomic E-state index is -3.56. The summed E-state index contributed by atoms with van der Waals surface area (Å²) in [5, 5.41) is 6.51. The number of fused-ring (bicyclic) bond motifs is 1. The predicted molar refractivity (Wildman–Crippen MR) is 127 cm³/mol. The molecule has 32 heavy (non-hydrogen) atoms. The molecular formula is C22H27ClN6O2S. The quantitative estimate of drug-likeness (QED) is 0.543. The van der Waals surface area contributed by atoms with Gasteiger partial charge in [-0.15, -0.1) is 0 Å². The highest BCUT2D eigenvalue weighted by atomic mass is 35.5. The number of primary sulfonamides is 1. The van der Waals surface area contributed by atoms with E-state index in [4.69, 9.17) is 22.5 Å². The Kier molecular flexibility index (Phi) is 5.61. The first-order valence-corrected chi connectivity index (χ1v) is 13.0. The molecule has 2 fully saturated rings. The van der Waals surface area contributed by atoms with E-state index in [9.17, 15) is 8.42 Å². The van der Waals surface area contributed by atoms with Crippen molar-refractivity contribution in [1.82, 2.24) is 19.4 Å². The van der Waals surface area contributed by atoms with Crippen LogP contribution in [-0.4, -0.2) is 53.2 Å². The topological polar surface area (TPSA) is 120 Å². The molecule has 0 atom stereocenters. The number of aryl methyl sites for hydroxylation is 1. The second-order valence-electron chi connectivity index (χ2n) is 9.02. The summed E-state index contributed by atoms with van der Waals surface area (Å²) in [5.41, 5.74) is 9.68. The Balaban J connectivity index is 1.47. The van der Waals surface area contributed by atoms with Crippen LogP contribution in [0.4, 0.5) is 5.82 Å². The van der Waals surface area contributed by atoms with Crippen molar-refractivity contribution >= 4 is 38.5 Å². The zero-order valence-electron chi connectivity index (χ0n) is 17.7. The summed E-state index contributed by atoms with van der Waals surface area (Å²) in [7, 11) is -3.56. The van der Waals surface area contributed by atoms with Crippen LogP contribution in [0.3, 0.4) is 0 Å². The monoisotopic (exact) mass is 474 g/mol. The number of anilines is 1. The molecule has 2 aromatic heterocycles. The lowest BCUT2D eigenvalue weighted by Crippen LogP contribution is -2.43. The lowest BCUT2D eigenvalue weighted by Gasteiger charge is -2.42. The molecule has 2 aliphatic rings. The fraction of sp³-hybridized carbons (Fsp3) is 0.455. The van der Waals surface area contributed by atoms with E-state index in [-0.39, 0.29) is 12.2 Å². The molecule has 0 unspecified atom stereocenters. The van der Waals surface area contributed by atoms with Crippen molar-refractivity contribution in [3.63, 3.8) is 0 Å². The maximum absolute atomic E-state index is 11.4. The summed E-state index contributed by atoms with van der Waals surface area (Å²) in [6, 6.07) is 5.95. The van der Waals surface area contributed by atoms with Crippen LogP contribution in [0.1, 0.15) is 30.9 Å². The number of rotatable bonds is 7. The SMILES string of the molecule is Nc1ncnc2c1c(-c1cc(Cl)cc(CCS(N)(=O)=O)c1)cn2C1CC(CN2CCC2)C1. The number of sulfonamides is 1. The molecule has 0 spiro atoms. The first-order chi connectivity index (χ1) is 15.3. The Hall–Kier alpha value is -2.20. The second-order valence-corrected chi connectivity index (χ2v) is 11.2. The van der Waals surface area contributed by atoms with Crippen molar-refractivity contribution in [2.45, 2.75) is 31.7 Å². The lowest BCUT2D eigenvalue weighted by atomic mass is 9.79. The molecular weight excluding hydrogens is 448 g/mol. The van der Waals surface area contributed by atoms with E-state index in [1.807, 2.05) is 12.1 Å². The summed E-state index contributed by atoms with van der Waals surface area (Å²) in [6.45, 7) is 3.63. The largest absolute Gasteiger partial charge is 0.383 e. The van der Waals surface area contributed by atoms with Gasteiger partial charge in [0.25, 0.3) is 0 Å². The summed E-state index contributed by atoms with van der Waals surface area (Å²) in [4.78, 5) is 11.3. The molecule has 1 saturated heterocycles. The first-order valence-electron chi connectivity index (χ1n) is 10.9. The van der Waals surface area contributed by atoms with E-state index in [0.717, 1.165) is 46.5 Å². The van der Waals surface area contributed by atoms with E-state index in [2.05, 4.69) is 25.6 Å². The predicted octanol–water partition coefficient (Wildman–Crippen LogP) is 2.82. The van der Waals surface area contributed by atoms with Gasteiger partial charge < -0.3 is 15.2 Å². The fourth-order valence-electron chi connectivity index (χ4n) is 4.82. The molecule has 4 N–H and O–H groups in total. The minimum Gasteiger partial charge on any atom is -0.383 e. The number of hydrogen-bond acceptors (Lipinski definition) is 6. The van der Waals surface area contributed by atoms with Crippen LogP contribution in [0.5, 0.6) is 0 Å². The number of nitrogen functional groups attached to an aromatic ring is 1. The summed E-state index contributed by atoms with van der Waals surface area (Å²) in [5.74, 6) is 1.00. The summed E-state index contributed by atoms with van der Waals surface area (Å²) in [6.07, 6.45) is 7.45. The third-order valence-corrected chi connectivity index (χ3v) is 7.64. The van der Waals surface area contributed by atoms with Gasteiger partial charge >= 0.3 is 0 Å². The Morgan fingerprint density at radius 3 is 2.62 bits per heavy atom. The molecule has 5 rings (SSSR count). The summed E-state index contributed by atoms with van der Waals surface area (Å²) < 4.78 is 25.0. The number of likely N-dealkylation sites (tertiary alicyclic amines) is 1. The molecule has 0 bridgehead atoms. The van der Waals surface area contributed by atoms with Gasteiger partial charge in [-0.1, -0.05) is 17.7 Å². The van der Waals surface area contributed by atoms with Crippen LogP contribution in [-0.2, 0) is 16.4 Å². The van der Waals surface area contributed by atoms with Gasteiger partial charge in [-0.05, 0) is 68.0 Å². The number of hydrogen-bond donors (Lipinski definition) is 2. The van der Waals surface area contributed by atoms with Crippen LogP contribution in [0.2, 0.25) is 5.02 Å². The van der Waals surface area contributed by atoms with Crippen LogP contribution in [0, 0.1) is 5.92 Å². The van der Waals surface area contributed by atoms with Crippen LogP contribution >= 0.6 is 11.6 Å². The fourth-order valence-corrected chi connectivity index (χ4v) is 5.60. The normalized spacial score (nSPS) is 21.4. The zero-order chi connectivity index (χ0) is 22.5. The van der Waals surface area contributed by atoms with E-state index in [1.165, 1.54) is 32.4 Å². The van der Waals surface area contributed by atoms with Crippen molar-refractivity contribution in [2.24, 2.45) is 11.1 Å². The molecule has 10 heteroatoms. The van der Waals surface area contributed by atoms with Crippen LogP contribution in [0.15, 0.2) is 30.7 Å². The van der Waals surface area contributed by atoms with Gasteiger partial charge in [-0.2, -0.15) is 0 Å². The van der Waals surface area contributed by atoms with E-state index < -0.39 is 10.0 Å². The number of aromatic nitrogens is 3. The number of halogens is 1. The number of nitrogens with zero attached hydrogens (tertiary/aromatic N) is 4.